The third-order valence-electron chi connectivity index (χ3n) is 5.36. The summed E-state index contributed by atoms with van der Waals surface area (Å²) in [7, 11) is 1.89. The van der Waals surface area contributed by atoms with Crippen LogP contribution in [-0.4, -0.2) is 56.1 Å². The highest BCUT2D eigenvalue weighted by molar-refractivity contribution is 5.87. The van der Waals surface area contributed by atoms with Gasteiger partial charge >= 0.3 is 0 Å². The molecule has 1 saturated heterocycles. The van der Waals surface area contributed by atoms with Gasteiger partial charge in [-0.05, 0) is 31.2 Å². The molecule has 4 heterocycles. The van der Waals surface area contributed by atoms with E-state index in [2.05, 4.69) is 35.1 Å². The molecular formula is C21H21FN8. The van der Waals surface area contributed by atoms with Gasteiger partial charge in [-0.3, -0.25) is 4.68 Å². The molecule has 0 bridgehead atoms. The van der Waals surface area contributed by atoms with E-state index < -0.39 is 0 Å². The van der Waals surface area contributed by atoms with Gasteiger partial charge in [0, 0.05) is 38.8 Å². The Kier molecular flexibility index (Phi) is 4.50. The van der Waals surface area contributed by atoms with Crippen LogP contribution in [0.1, 0.15) is 5.82 Å². The molecule has 0 amide bonds. The maximum atomic E-state index is 13.4. The minimum atomic E-state index is -0.280. The van der Waals surface area contributed by atoms with Gasteiger partial charge in [0.05, 0.1) is 17.3 Å². The lowest BCUT2D eigenvalue weighted by Gasteiger charge is -2.36. The molecule has 1 aromatic carbocycles. The first-order chi connectivity index (χ1) is 14.6. The zero-order valence-electron chi connectivity index (χ0n) is 16.8. The van der Waals surface area contributed by atoms with Crippen molar-refractivity contribution in [1.82, 2.24) is 29.9 Å². The minimum absolute atomic E-state index is 0.280. The van der Waals surface area contributed by atoms with Crippen LogP contribution in [0.3, 0.4) is 0 Å². The molecule has 1 fully saturated rings. The van der Waals surface area contributed by atoms with Crippen LogP contribution >= 0.6 is 0 Å². The molecule has 30 heavy (non-hydrogen) atoms. The lowest BCUT2D eigenvalue weighted by Crippen LogP contribution is -2.47. The fourth-order valence-electron chi connectivity index (χ4n) is 3.80. The van der Waals surface area contributed by atoms with Gasteiger partial charge in [0.25, 0.3) is 0 Å². The molecule has 3 aromatic heterocycles. The molecule has 8 nitrogen and oxygen atoms in total. The van der Waals surface area contributed by atoms with Crippen molar-refractivity contribution < 1.29 is 4.39 Å². The smallest absolute Gasteiger partial charge is 0.163 e. The fourth-order valence-corrected chi connectivity index (χ4v) is 3.80. The van der Waals surface area contributed by atoms with Gasteiger partial charge in [0.1, 0.15) is 17.5 Å². The van der Waals surface area contributed by atoms with E-state index in [0.29, 0.717) is 5.69 Å². The van der Waals surface area contributed by atoms with Gasteiger partial charge in [0.15, 0.2) is 11.5 Å². The SMILES string of the molecule is Cc1nc(N2CCN(c3ccc(-c4cccc(F)c4)nn3)CC2)c2cnn(C)c2n1. The van der Waals surface area contributed by atoms with Crippen LogP contribution in [0, 0.1) is 12.7 Å². The summed E-state index contributed by atoms with van der Waals surface area (Å²) in [5, 5.41) is 14.0. The van der Waals surface area contributed by atoms with Gasteiger partial charge in [-0.25, -0.2) is 14.4 Å². The van der Waals surface area contributed by atoms with Crippen molar-refractivity contribution in [2.75, 3.05) is 36.0 Å². The van der Waals surface area contributed by atoms with Crippen molar-refractivity contribution in [2.24, 2.45) is 7.05 Å². The number of aromatic nitrogens is 6. The second kappa shape index (κ2) is 7.33. The highest BCUT2D eigenvalue weighted by Gasteiger charge is 2.22. The van der Waals surface area contributed by atoms with Crippen LogP contribution in [0.2, 0.25) is 0 Å². The van der Waals surface area contributed by atoms with E-state index in [1.165, 1.54) is 12.1 Å². The first kappa shape index (κ1) is 18.4. The Hall–Kier alpha value is -3.62. The Balaban J connectivity index is 1.32. The molecule has 0 saturated carbocycles. The highest BCUT2D eigenvalue weighted by Crippen LogP contribution is 2.26. The molecule has 1 aliphatic rings. The van der Waals surface area contributed by atoms with Crippen molar-refractivity contribution in [3.63, 3.8) is 0 Å². The molecule has 1 aliphatic heterocycles. The first-order valence-corrected chi connectivity index (χ1v) is 9.84. The van der Waals surface area contributed by atoms with Crippen molar-refractivity contribution >= 4 is 22.7 Å². The van der Waals surface area contributed by atoms with Gasteiger partial charge < -0.3 is 9.80 Å². The van der Waals surface area contributed by atoms with Gasteiger partial charge in [-0.15, -0.1) is 10.2 Å². The summed E-state index contributed by atoms with van der Waals surface area (Å²) in [5.41, 5.74) is 2.23. The number of fused-ring (bicyclic) bond motifs is 1. The molecule has 0 radical (unpaired) electrons. The summed E-state index contributed by atoms with van der Waals surface area (Å²) in [6, 6.07) is 10.2. The predicted octanol–water partition coefficient (Wildman–Crippen LogP) is 2.59. The normalized spacial score (nSPS) is 14.5. The molecule has 5 rings (SSSR count). The van der Waals surface area contributed by atoms with E-state index in [0.717, 1.165) is 60.2 Å². The lowest BCUT2D eigenvalue weighted by molar-refractivity contribution is 0.628. The highest BCUT2D eigenvalue weighted by atomic mass is 19.1. The minimum Gasteiger partial charge on any atom is -0.352 e. The molecular weight excluding hydrogens is 383 g/mol. The number of aryl methyl sites for hydroxylation is 2. The molecule has 0 unspecified atom stereocenters. The van der Waals surface area contributed by atoms with Gasteiger partial charge in [0.2, 0.25) is 0 Å². The van der Waals surface area contributed by atoms with Crippen LogP contribution in [0.4, 0.5) is 16.0 Å². The second-order valence-corrected chi connectivity index (χ2v) is 7.36. The average Bonchev–Trinajstić information content (AvgIpc) is 3.14. The Labute approximate surface area is 173 Å². The monoisotopic (exact) mass is 404 g/mol. The molecule has 0 spiro atoms. The molecule has 0 atom stereocenters. The largest absolute Gasteiger partial charge is 0.352 e. The standard InChI is InChI=1S/C21H21FN8/c1-14-24-20-17(13-23-28(20)2)21(25-14)30-10-8-29(9-11-30)19-7-6-18(26-27-19)15-4-3-5-16(22)12-15/h3-7,12-13H,8-11H2,1-2H3. The van der Waals surface area contributed by atoms with Crippen molar-refractivity contribution in [3.8, 4) is 11.3 Å². The zero-order chi connectivity index (χ0) is 20.7. The van der Waals surface area contributed by atoms with Crippen molar-refractivity contribution in [3.05, 3.63) is 54.2 Å². The van der Waals surface area contributed by atoms with E-state index in [1.54, 1.807) is 10.7 Å². The zero-order valence-corrected chi connectivity index (χ0v) is 16.8. The van der Waals surface area contributed by atoms with Crippen molar-refractivity contribution in [2.45, 2.75) is 6.92 Å². The molecule has 152 valence electrons. The van der Waals surface area contributed by atoms with Crippen LogP contribution < -0.4 is 9.80 Å². The summed E-state index contributed by atoms with van der Waals surface area (Å²) in [6.07, 6.45) is 1.83. The van der Waals surface area contributed by atoms with Crippen LogP contribution in [0.25, 0.3) is 22.3 Å². The second-order valence-electron chi connectivity index (χ2n) is 7.36. The van der Waals surface area contributed by atoms with E-state index in [4.69, 9.17) is 0 Å². The third-order valence-corrected chi connectivity index (χ3v) is 5.36. The number of nitrogens with zero attached hydrogens (tertiary/aromatic N) is 8. The Morgan fingerprint density at radius 1 is 0.933 bits per heavy atom. The molecule has 0 N–H and O–H groups in total. The van der Waals surface area contributed by atoms with Gasteiger partial charge in [-0.1, -0.05) is 12.1 Å². The third kappa shape index (κ3) is 3.32. The molecule has 0 aliphatic carbocycles. The fraction of sp³-hybridized carbons (Fsp3) is 0.286. The lowest BCUT2D eigenvalue weighted by atomic mass is 10.1. The number of halogens is 1. The number of anilines is 2. The van der Waals surface area contributed by atoms with Gasteiger partial charge in [-0.2, -0.15) is 5.10 Å². The van der Waals surface area contributed by atoms with E-state index in [1.807, 2.05) is 38.4 Å². The number of benzene rings is 1. The summed E-state index contributed by atoms with van der Waals surface area (Å²) >= 11 is 0. The Bertz CT molecular complexity index is 1200. The number of hydrogen-bond acceptors (Lipinski definition) is 7. The van der Waals surface area contributed by atoms with Crippen LogP contribution in [0.5, 0.6) is 0 Å². The van der Waals surface area contributed by atoms with Crippen LogP contribution in [0.15, 0.2) is 42.6 Å². The summed E-state index contributed by atoms with van der Waals surface area (Å²) in [6.45, 7) is 5.14. The van der Waals surface area contributed by atoms with E-state index >= 15 is 0 Å². The summed E-state index contributed by atoms with van der Waals surface area (Å²) in [5.74, 6) is 2.21. The molecule has 4 aromatic rings. The average molecular weight is 404 g/mol. The number of piperazine rings is 1. The number of rotatable bonds is 3. The summed E-state index contributed by atoms with van der Waals surface area (Å²) in [4.78, 5) is 13.6. The quantitative estimate of drug-likeness (QED) is 0.519. The number of hydrogen-bond donors (Lipinski definition) is 0. The maximum Gasteiger partial charge on any atom is 0.163 e. The first-order valence-electron chi connectivity index (χ1n) is 9.84. The predicted molar refractivity (Wildman–Crippen MR) is 113 cm³/mol. The van der Waals surface area contributed by atoms with Crippen LogP contribution in [-0.2, 0) is 7.05 Å². The molecule has 9 heteroatoms. The maximum absolute atomic E-state index is 13.4. The van der Waals surface area contributed by atoms with E-state index in [-0.39, 0.29) is 5.82 Å². The Morgan fingerprint density at radius 3 is 2.47 bits per heavy atom. The Morgan fingerprint density at radius 2 is 1.73 bits per heavy atom. The summed E-state index contributed by atoms with van der Waals surface area (Å²) < 4.78 is 15.2. The van der Waals surface area contributed by atoms with E-state index in [9.17, 15) is 4.39 Å². The topological polar surface area (TPSA) is 75.9 Å². The van der Waals surface area contributed by atoms with Crippen molar-refractivity contribution in [1.29, 1.82) is 0 Å².